The number of carbonyl (C=O) groups is 3. The summed E-state index contributed by atoms with van der Waals surface area (Å²) in [6, 6.07) is 6.85. The number of aryl methyl sites for hydroxylation is 1. The van der Waals surface area contributed by atoms with E-state index in [9.17, 15) is 14.4 Å². The van der Waals surface area contributed by atoms with Gasteiger partial charge in [0.2, 0.25) is 11.8 Å². The van der Waals surface area contributed by atoms with E-state index in [1.165, 1.54) is 4.90 Å². The standard InChI is InChI=1S/C22H27NO4/c1-14(2)12-19(22(26)27-13-16-9-5-4-8-15(16)3)23-20(24)17-10-6-7-11-18(17)21(23)25/h4-9,14,17-19H,10-13H2,1-3H3/t17-,18-,19+/m1/s1. The van der Waals surface area contributed by atoms with E-state index in [0.29, 0.717) is 19.3 Å². The summed E-state index contributed by atoms with van der Waals surface area (Å²) in [5.41, 5.74) is 1.96. The largest absolute Gasteiger partial charge is 0.459 e. The number of esters is 1. The average molecular weight is 369 g/mol. The SMILES string of the molecule is Cc1ccccc1COC(=O)[C@H](CC(C)C)N1C(=O)[C@@H]2CC=CC[C@H]2C1=O. The normalized spacial score (nSPS) is 22.9. The van der Waals surface area contributed by atoms with E-state index in [1.807, 2.05) is 57.2 Å². The van der Waals surface area contributed by atoms with Crippen LogP contribution in [0.5, 0.6) is 0 Å². The maximum atomic E-state index is 12.9. The van der Waals surface area contributed by atoms with Crippen LogP contribution in [-0.2, 0) is 25.7 Å². The topological polar surface area (TPSA) is 63.7 Å². The molecule has 0 aromatic heterocycles. The van der Waals surface area contributed by atoms with Gasteiger partial charge in [0, 0.05) is 0 Å². The Balaban J connectivity index is 1.77. The third kappa shape index (κ3) is 3.97. The zero-order valence-electron chi connectivity index (χ0n) is 16.2. The van der Waals surface area contributed by atoms with Crippen LogP contribution in [-0.4, -0.2) is 28.7 Å². The Hall–Kier alpha value is -2.43. The Morgan fingerprint density at radius 2 is 1.70 bits per heavy atom. The number of benzene rings is 1. The molecule has 5 heteroatoms. The second-order valence-electron chi connectivity index (χ2n) is 7.88. The summed E-state index contributed by atoms with van der Waals surface area (Å²) in [7, 11) is 0. The van der Waals surface area contributed by atoms with E-state index in [-0.39, 0.29) is 36.2 Å². The van der Waals surface area contributed by atoms with Crippen molar-refractivity contribution in [2.45, 2.75) is 52.7 Å². The van der Waals surface area contributed by atoms with E-state index in [4.69, 9.17) is 4.74 Å². The van der Waals surface area contributed by atoms with Gasteiger partial charge in [0.05, 0.1) is 11.8 Å². The van der Waals surface area contributed by atoms with Crippen LogP contribution in [0.1, 0.15) is 44.2 Å². The Bertz CT molecular complexity index is 741. The molecule has 27 heavy (non-hydrogen) atoms. The van der Waals surface area contributed by atoms with Crippen molar-refractivity contribution < 1.29 is 19.1 Å². The number of likely N-dealkylation sites (tertiary alicyclic amines) is 1. The van der Waals surface area contributed by atoms with Gasteiger partial charge in [0.1, 0.15) is 12.6 Å². The molecule has 1 aliphatic carbocycles. The molecule has 1 aromatic rings. The smallest absolute Gasteiger partial charge is 0.329 e. The summed E-state index contributed by atoms with van der Waals surface area (Å²) < 4.78 is 5.53. The van der Waals surface area contributed by atoms with Gasteiger partial charge >= 0.3 is 5.97 Å². The van der Waals surface area contributed by atoms with Crippen molar-refractivity contribution in [2.75, 3.05) is 0 Å². The molecular weight excluding hydrogens is 342 g/mol. The Morgan fingerprint density at radius 1 is 1.11 bits per heavy atom. The highest BCUT2D eigenvalue weighted by atomic mass is 16.5. The zero-order valence-corrected chi connectivity index (χ0v) is 16.2. The second-order valence-corrected chi connectivity index (χ2v) is 7.88. The number of carbonyl (C=O) groups excluding carboxylic acids is 3. The fourth-order valence-electron chi connectivity index (χ4n) is 3.90. The van der Waals surface area contributed by atoms with E-state index in [1.54, 1.807) is 0 Å². The number of fused-ring (bicyclic) bond motifs is 1. The van der Waals surface area contributed by atoms with Crippen LogP contribution in [0.4, 0.5) is 0 Å². The van der Waals surface area contributed by atoms with Gasteiger partial charge in [-0.15, -0.1) is 0 Å². The number of rotatable bonds is 6. The van der Waals surface area contributed by atoms with Crippen LogP contribution >= 0.6 is 0 Å². The second kappa shape index (κ2) is 8.07. The summed E-state index contributed by atoms with van der Waals surface area (Å²) >= 11 is 0. The molecule has 0 saturated carbocycles. The summed E-state index contributed by atoms with van der Waals surface area (Å²) in [5, 5.41) is 0. The minimum atomic E-state index is -0.848. The zero-order chi connectivity index (χ0) is 19.6. The van der Waals surface area contributed by atoms with Gasteiger partial charge in [-0.2, -0.15) is 0 Å². The van der Waals surface area contributed by atoms with Crippen molar-refractivity contribution in [2.24, 2.45) is 17.8 Å². The van der Waals surface area contributed by atoms with Crippen LogP contribution in [0.25, 0.3) is 0 Å². The van der Waals surface area contributed by atoms with Crippen molar-refractivity contribution in [3.8, 4) is 0 Å². The van der Waals surface area contributed by atoms with Crippen LogP contribution in [0.3, 0.4) is 0 Å². The van der Waals surface area contributed by atoms with Crippen LogP contribution in [0, 0.1) is 24.7 Å². The number of amides is 2. The maximum Gasteiger partial charge on any atom is 0.329 e. The predicted molar refractivity (Wildman–Crippen MR) is 101 cm³/mol. The van der Waals surface area contributed by atoms with Gasteiger partial charge < -0.3 is 4.74 Å². The fraction of sp³-hybridized carbons (Fsp3) is 0.500. The Labute approximate surface area is 160 Å². The highest BCUT2D eigenvalue weighted by Gasteiger charge is 2.51. The van der Waals surface area contributed by atoms with Crippen LogP contribution < -0.4 is 0 Å². The van der Waals surface area contributed by atoms with Crippen molar-refractivity contribution >= 4 is 17.8 Å². The minimum absolute atomic E-state index is 0.144. The molecule has 2 aliphatic rings. The maximum absolute atomic E-state index is 12.9. The summed E-state index contributed by atoms with van der Waals surface area (Å²) in [5.74, 6) is -1.47. The Kier molecular flexibility index (Phi) is 5.78. The van der Waals surface area contributed by atoms with E-state index in [0.717, 1.165) is 11.1 Å². The van der Waals surface area contributed by atoms with Crippen molar-refractivity contribution in [3.63, 3.8) is 0 Å². The molecule has 2 amide bonds. The van der Waals surface area contributed by atoms with Gasteiger partial charge in [-0.05, 0) is 43.2 Å². The lowest BCUT2D eigenvalue weighted by atomic mass is 9.85. The van der Waals surface area contributed by atoms with Gasteiger partial charge in [-0.3, -0.25) is 14.5 Å². The predicted octanol–water partition coefficient (Wildman–Crippen LogP) is 3.40. The number of nitrogens with zero attached hydrogens (tertiary/aromatic N) is 1. The number of hydrogen-bond donors (Lipinski definition) is 0. The fourth-order valence-corrected chi connectivity index (χ4v) is 3.90. The molecule has 1 heterocycles. The van der Waals surface area contributed by atoms with Crippen molar-refractivity contribution in [3.05, 3.63) is 47.5 Å². The third-order valence-electron chi connectivity index (χ3n) is 5.45. The molecule has 1 saturated heterocycles. The first-order valence-corrected chi connectivity index (χ1v) is 9.63. The lowest BCUT2D eigenvalue weighted by molar-refractivity contribution is -0.160. The molecule has 144 valence electrons. The molecule has 5 nitrogen and oxygen atoms in total. The Morgan fingerprint density at radius 3 is 2.26 bits per heavy atom. The highest BCUT2D eigenvalue weighted by molar-refractivity contribution is 6.08. The van der Waals surface area contributed by atoms with Gasteiger partial charge in [-0.25, -0.2) is 4.79 Å². The molecule has 0 spiro atoms. The minimum Gasteiger partial charge on any atom is -0.459 e. The summed E-state index contributed by atoms with van der Waals surface area (Å²) in [6.45, 7) is 6.05. The molecule has 1 fully saturated rings. The number of imide groups is 1. The molecule has 0 unspecified atom stereocenters. The summed E-state index contributed by atoms with van der Waals surface area (Å²) in [6.07, 6.45) is 5.45. The molecule has 3 rings (SSSR count). The first-order valence-electron chi connectivity index (χ1n) is 9.63. The number of hydrogen-bond acceptors (Lipinski definition) is 4. The molecule has 1 aliphatic heterocycles. The van der Waals surface area contributed by atoms with E-state index >= 15 is 0 Å². The quantitative estimate of drug-likeness (QED) is 0.438. The molecule has 3 atom stereocenters. The van der Waals surface area contributed by atoms with Crippen LogP contribution in [0.15, 0.2) is 36.4 Å². The van der Waals surface area contributed by atoms with Crippen LogP contribution in [0.2, 0.25) is 0 Å². The molecule has 0 bridgehead atoms. The number of ether oxygens (including phenoxy) is 1. The van der Waals surface area contributed by atoms with E-state index < -0.39 is 12.0 Å². The van der Waals surface area contributed by atoms with E-state index in [2.05, 4.69) is 0 Å². The lowest BCUT2D eigenvalue weighted by Crippen LogP contribution is -2.47. The molecule has 0 radical (unpaired) electrons. The third-order valence-corrected chi connectivity index (χ3v) is 5.45. The first-order chi connectivity index (χ1) is 12.9. The average Bonchev–Trinajstić information content (AvgIpc) is 2.90. The van der Waals surface area contributed by atoms with Crippen molar-refractivity contribution in [1.29, 1.82) is 0 Å². The molecule has 1 aromatic carbocycles. The highest BCUT2D eigenvalue weighted by Crippen LogP contribution is 2.37. The monoisotopic (exact) mass is 369 g/mol. The molecule has 0 N–H and O–H groups in total. The lowest BCUT2D eigenvalue weighted by Gasteiger charge is -2.26. The number of allylic oxidation sites excluding steroid dienone is 2. The molecular formula is C22H27NO4. The van der Waals surface area contributed by atoms with Gasteiger partial charge in [-0.1, -0.05) is 50.3 Å². The first kappa shape index (κ1) is 19.3. The van der Waals surface area contributed by atoms with Gasteiger partial charge in [0.15, 0.2) is 0 Å². The van der Waals surface area contributed by atoms with Gasteiger partial charge in [0.25, 0.3) is 0 Å². The van der Waals surface area contributed by atoms with Crippen molar-refractivity contribution in [1.82, 2.24) is 4.90 Å². The summed E-state index contributed by atoms with van der Waals surface area (Å²) in [4.78, 5) is 39.8.